The van der Waals surface area contributed by atoms with E-state index in [2.05, 4.69) is 42.0 Å². The average Bonchev–Trinajstić information content (AvgIpc) is 2.32. The second kappa shape index (κ2) is 5.19. The second-order valence-corrected chi connectivity index (χ2v) is 5.01. The van der Waals surface area contributed by atoms with E-state index in [1.807, 2.05) is 0 Å². The molecule has 2 aromatic rings. The Morgan fingerprint density at radius 3 is 2.71 bits per heavy atom. The number of nitrogen functional groups attached to an aromatic ring is 1. The molecule has 0 spiro atoms. The highest BCUT2D eigenvalue weighted by Crippen LogP contribution is 2.26. The van der Waals surface area contributed by atoms with Gasteiger partial charge in [-0.15, -0.1) is 11.8 Å². The van der Waals surface area contributed by atoms with Gasteiger partial charge in [0.1, 0.15) is 5.82 Å². The van der Waals surface area contributed by atoms with Gasteiger partial charge in [-0.1, -0.05) is 17.7 Å². The van der Waals surface area contributed by atoms with Crippen molar-refractivity contribution in [3.63, 3.8) is 0 Å². The summed E-state index contributed by atoms with van der Waals surface area (Å²) in [5, 5.41) is 0. The molecular weight excluding hydrogens is 230 g/mol. The third-order valence-corrected chi connectivity index (χ3v) is 3.64. The van der Waals surface area contributed by atoms with Crippen molar-refractivity contribution in [3.8, 4) is 0 Å². The Bertz CT molecular complexity index is 509. The van der Waals surface area contributed by atoms with Crippen LogP contribution in [0.15, 0.2) is 35.5 Å². The Morgan fingerprint density at radius 1 is 1.18 bits per heavy atom. The number of benzene rings is 1. The quantitative estimate of drug-likeness (QED) is 0.845. The molecule has 0 aliphatic rings. The van der Waals surface area contributed by atoms with E-state index in [1.54, 1.807) is 24.2 Å². The molecule has 4 heteroatoms. The average molecular weight is 245 g/mol. The summed E-state index contributed by atoms with van der Waals surface area (Å²) in [5.41, 5.74) is 9.02. The molecule has 88 valence electrons. The van der Waals surface area contributed by atoms with E-state index in [9.17, 15) is 0 Å². The summed E-state index contributed by atoms with van der Waals surface area (Å²) in [4.78, 5) is 9.57. The zero-order valence-electron chi connectivity index (χ0n) is 9.97. The molecule has 0 amide bonds. The van der Waals surface area contributed by atoms with Crippen molar-refractivity contribution < 1.29 is 0 Å². The summed E-state index contributed by atoms with van der Waals surface area (Å²) in [6.45, 7) is 4.23. The lowest BCUT2D eigenvalue weighted by molar-refractivity contribution is 1.10. The third kappa shape index (κ3) is 3.20. The molecule has 17 heavy (non-hydrogen) atoms. The van der Waals surface area contributed by atoms with Crippen molar-refractivity contribution in [2.45, 2.75) is 24.5 Å². The van der Waals surface area contributed by atoms with Crippen LogP contribution >= 0.6 is 11.8 Å². The van der Waals surface area contributed by atoms with Gasteiger partial charge in [-0.25, -0.2) is 4.98 Å². The Balaban J connectivity index is 2.07. The molecule has 0 unspecified atom stereocenters. The highest BCUT2D eigenvalue weighted by atomic mass is 32.2. The molecular formula is C13H15N3S. The Morgan fingerprint density at radius 2 is 2.00 bits per heavy atom. The van der Waals surface area contributed by atoms with Crippen LogP contribution in [-0.2, 0) is 5.75 Å². The standard InChI is InChI=1S/C13H15N3S/c1-9-3-4-10(2)12(5-9)17-8-11-6-16-13(14)7-15-11/h3-7H,8H2,1-2H3,(H2,14,16). The molecule has 0 fully saturated rings. The molecule has 2 rings (SSSR count). The highest BCUT2D eigenvalue weighted by molar-refractivity contribution is 7.98. The third-order valence-electron chi connectivity index (χ3n) is 2.44. The van der Waals surface area contributed by atoms with Gasteiger partial charge in [0.15, 0.2) is 0 Å². The van der Waals surface area contributed by atoms with Gasteiger partial charge >= 0.3 is 0 Å². The van der Waals surface area contributed by atoms with Crippen molar-refractivity contribution >= 4 is 17.6 Å². The van der Waals surface area contributed by atoms with Crippen LogP contribution in [-0.4, -0.2) is 9.97 Å². The van der Waals surface area contributed by atoms with Crippen molar-refractivity contribution in [2.24, 2.45) is 0 Å². The predicted molar refractivity (Wildman–Crippen MR) is 71.9 cm³/mol. The van der Waals surface area contributed by atoms with Gasteiger partial charge in [-0.05, 0) is 25.5 Å². The molecule has 2 N–H and O–H groups in total. The van der Waals surface area contributed by atoms with Crippen LogP contribution in [0, 0.1) is 13.8 Å². The summed E-state index contributed by atoms with van der Waals surface area (Å²) < 4.78 is 0. The Hall–Kier alpha value is -1.55. The van der Waals surface area contributed by atoms with Crippen LogP contribution in [0.25, 0.3) is 0 Å². The van der Waals surface area contributed by atoms with E-state index in [0.717, 1.165) is 11.4 Å². The molecule has 0 saturated carbocycles. The van der Waals surface area contributed by atoms with Crippen LogP contribution in [0.1, 0.15) is 16.8 Å². The fourth-order valence-corrected chi connectivity index (χ4v) is 2.47. The monoisotopic (exact) mass is 245 g/mol. The first kappa shape index (κ1) is 11.9. The lowest BCUT2D eigenvalue weighted by Crippen LogP contribution is -1.94. The van der Waals surface area contributed by atoms with Gasteiger partial charge in [0.05, 0.1) is 18.1 Å². The van der Waals surface area contributed by atoms with Gasteiger partial charge < -0.3 is 5.73 Å². The van der Waals surface area contributed by atoms with E-state index in [4.69, 9.17) is 5.73 Å². The van der Waals surface area contributed by atoms with Crippen molar-refractivity contribution in [1.29, 1.82) is 0 Å². The summed E-state index contributed by atoms with van der Waals surface area (Å²) in [5.74, 6) is 1.28. The minimum atomic E-state index is 0.463. The molecule has 1 aromatic carbocycles. The van der Waals surface area contributed by atoms with Crippen LogP contribution in [0.4, 0.5) is 5.82 Å². The smallest absolute Gasteiger partial charge is 0.141 e. The number of aromatic nitrogens is 2. The first-order valence-electron chi connectivity index (χ1n) is 5.41. The second-order valence-electron chi connectivity index (χ2n) is 3.99. The van der Waals surface area contributed by atoms with E-state index in [-0.39, 0.29) is 0 Å². The van der Waals surface area contributed by atoms with E-state index < -0.39 is 0 Å². The molecule has 3 nitrogen and oxygen atoms in total. The number of hydrogen-bond acceptors (Lipinski definition) is 4. The van der Waals surface area contributed by atoms with E-state index in [1.165, 1.54) is 16.0 Å². The number of anilines is 1. The number of nitrogens with two attached hydrogens (primary N) is 1. The fourth-order valence-electron chi connectivity index (χ4n) is 1.45. The maximum Gasteiger partial charge on any atom is 0.141 e. The van der Waals surface area contributed by atoms with Crippen molar-refractivity contribution in [2.75, 3.05) is 5.73 Å². The molecule has 0 saturated heterocycles. The SMILES string of the molecule is Cc1ccc(C)c(SCc2cnc(N)cn2)c1. The van der Waals surface area contributed by atoms with Gasteiger partial charge in [0, 0.05) is 10.6 Å². The number of thioether (sulfide) groups is 1. The topological polar surface area (TPSA) is 51.8 Å². The fraction of sp³-hybridized carbons (Fsp3) is 0.231. The first-order valence-corrected chi connectivity index (χ1v) is 6.40. The van der Waals surface area contributed by atoms with Gasteiger partial charge in [-0.3, -0.25) is 4.98 Å². The number of rotatable bonds is 3. The van der Waals surface area contributed by atoms with Crippen molar-refractivity contribution in [3.05, 3.63) is 47.4 Å². The van der Waals surface area contributed by atoms with E-state index in [0.29, 0.717) is 5.82 Å². The molecule has 0 aliphatic carbocycles. The Kier molecular flexibility index (Phi) is 3.64. The van der Waals surface area contributed by atoms with E-state index >= 15 is 0 Å². The van der Waals surface area contributed by atoms with Gasteiger partial charge in [0.25, 0.3) is 0 Å². The van der Waals surface area contributed by atoms with Crippen molar-refractivity contribution in [1.82, 2.24) is 9.97 Å². The number of nitrogens with zero attached hydrogens (tertiary/aromatic N) is 2. The zero-order chi connectivity index (χ0) is 12.3. The van der Waals surface area contributed by atoms with Crippen LogP contribution < -0.4 is 5.73 Å². The Labute approximate surface area is 105 Å². The molecule has 0 atom stereocenters. The van der Waals surface area contributed by atoms with Crippen LogP contribution in [0.3, 0.4) is 0 Å². The summed E-state index contributed by atoms with van der Waals surface area (Å²) in [7, 11) is 0. The number of hydrogen-bond donors (Lipinski definition) is 1. The largest absolute Gasteiger partial charge is 0.382 e. The normalized spacial score (nSPS) is 10.5. The molecule has 1 aromatic heterocycles. The molecule has 0 aliphatic heterocycles. The number of aryl methyl sites for hydroxylation is 2. The summed E-state index contributed by atoms with van der Waals surface area (Å²) in [6, 6.07) is 6.47. The maximum atomic E-state index is 5.50. The molecule has 0 bridgehead atoms. The predicted octanol–water partition coefficient (Wildman–Crippen LogP) is 2.97. The van der Waals surface area contributed by atoms with Crippen LogP contribution in [0.5, 0.6) is 0 Å². The van der Waals surface area contributed by atoms with Gasteiger partial charge in [0.2, 0.25) is 0 Å². The van der Waals surface area contributed by atoms with Crippen LogP contribution in [0.2, 0.25) is 0 Å². The van der Waals surface area contributed by atoms with Gasteiger partial charge in [-0.2, -0.15) is 0 Å². The minimum Gasteiger partial charge on any atom is -0.382 e. The zero-order valence-corrected chi connectivity index (χ0v) is 10.8. The minimum absolute atomic E-state index is 0.463. The highest BCUT2D eigenvalue weighted by Gasteiger charge is 2.02. The molecule has 0 radical (unpaired) electrons. The lowest BCUT2D eigenvalue weighted by Gasteiger charge is -2.06. The summed E-state index contributed by atoms with van der Waals surface area (Å²) >= 11 is 1.78. The molecule has 1 heterocycles. The summed E-state index contributed by atoms with van der Waals surface area (Å²) in [6.07, 6.45) is 3.33. The first-order chi connectivity index (χ1) is 8.15. The lowest BCUT2D eigenvalue weighted by atomic mass is 10.2. The maximum absolute atomic E-state index is 5.50.